The van der Waals surface area contributed by atoms with Gasteiger partial charge in [-0.05, 0) is 38.5 Å². The molecule has 11 nitrogen and oxygen atoms in total. The molecule has 0 aliphatic heterocycles. The second-order valence-electron chi connectivity index (χ2n) is 10.7. The Morgan fingerprint density at radius 2 is 0.976 bits per heavy atom. The summed E-state index contributed by atoms with van der Waals surface area (Å²) < 4.78 is 12.3. The van der Waals surface area contributed by atoms with Gasteiger partial charge in [-0.25, -0.2) is 4.79 Å². The van der Waals surface area contributed by atoms with Gasteiger partial charge in [-0.3, -0.25) is 19.2 Å². The van der Waals surface area contributed by atoms with Crippen LogP contribution in [0.5, 0.6) is 0 Å². The molecule has 0 aromatic heterocycles. The molecule has 12 heteroatoms. The van der Waals surface area contributed by atoms with Crippen LogP contribution in [0.2, 0.25) is 0 Å². The van der Waals surface area contributed by atoms with Crippen LogP contribution in [0.1, 0.15) is 135 Å². The molecule has 0 aliphatic carbocycles. The molecular weight excluding hydrogens is 537 g/mol. The van der Waals surface area contributed by atoms with E-state index < -0.39 is 30.0 Å². The summed E-state index contributed by atoms with van der Waals surface area (Å²) in [5.41, 5.74) is 1.21. The Bertz CT molecular complexity index is 754. The largest absolute Gasteiger partial charge is 0.481 e. The zero-order chi connectivity index (χ0) is 30.7. The zero-order valence-corrected chi connectivity index (χ0v) is 24.5. The molecule has 0 unspecified atom stereocenters. The van der Waals surface area contributed by atoms with Crippen molar-refractivity contribution in [2.45, 2.75) is 147 Å². The smallest absolute Gasteiger partial charge is 0.326 e. The lowest BCUT2D eigenvalue weighted by atomic mass is 10.0. The van der Waals surface area contributed by atoms with Crippen LogP contribution in [0.3, 0.4) is 0 Å². The molecule has 0 spiro atoms. The van der Waals surface area contributed by atoms with Crippen LogP contribution in [0.4, 0.5) is 4.48 Å². The molecular formula is C29H52FN3O8. The third-order valence-electron chi connectivity index (χ3n) is 7.01. The molecule has 238 valence electrons. The maximum atomic E-state index is 12.3. The van der Waals surface area contributed by atoms with Crippen LogP contribution in [0.15, 0.2) is 0 Å². The Kier molecular flexibility index (Phi) is 24.4. The number of carboxylic acids is 3. The van der Waals surface area contributed by atoms with Crippen LogP contribution in [-0.4, -0.2) is 63.7 Å². The molecule has 0 aromatic carbocycles. The molecule has 0 bridgehead atoms. The standard InChI is InChI=1S/C29H52FN3O8/c30-33-24(29(40)41)17-15-16-22-31-25(34)21-20-23(28(38)39)32-26(35)18-13-11-9-7-5-3-1-2-4-6-8-10-12-14-19-27(36)37/h23-24,33H,1-22H2,(H,31,34)(H,32,35)(H,36,37)(H,38,39)(H,40,41)/t23-,24-/m0/s1. The van der Waals surface area contributed by atoms with Gasteiger partial charge in [0, 0.05) is 25.8 Å². The summed E-state index contributed by atoms with van der Waals surface area (Å²) in [6, 6.07) is -2.42. The van der Waals surface area contributed by atoms with E-state index in [4.69, 9.17) is 10.2 Å². The van der Waals surface area contributed by atoms with Crippen molar-refractivity contribution in [3.05, 3.63) is 0 Å². The highest BCUT2D eigenvalue weighted by Gasteiger charge is 2.21. The molecule has 0 aromatic rings. The van der Waals surface area contributed by atoms with Crippen LogP contribution in [0.25, 0.3) is 0 Å². The maximum absolute atomic E-state index is 12.3. The number of carboxylic acid groups (broad SMARTS) is 3. The molecule has 0 aliphatic rings. The predicted octanol–water partition coefficient (Wildman–Crippen LogP) is 4.88. The Morgan fingerprint density at radius 3 is 1.41 bits per heavy atom. The Morgan fingerprint density at radius 1 is 0.512 bits per heavy atom. The summed E-state index contributed by atoms with van der Waals surface area (Å²) in [5, 5.41) is 31.8. The fourth-order valence-electron chi connectivity index (χ4n) is 4.50. The summed E-state index contributed by atoms with van der Waals surface area (Å²) >= 11 is 0. The van der Waals surface area contributed by atoms with Crippen LogP contribution < -0.4 is 16.2 Å². The number of nitrogens with one attached hydrogen (secondary N) is 3. The Hall–Kier alpha value is -2.76. The molecule has 2 atom stereocenters. The lowest BCUT2D eigenvalue weighted by Crippen LogP contribution is -2.41. The average molecular weight is 590 g/mol. The third-order valence-corrected chi connectivity index (χ3v) is 7.01. The van der Waals surface area contributed by atoms with Crippen molar-refractivity contribution in [3.63, 3.8) is 0 Å². The van der Waals surface area contributed by atoms with E-state index in [1.165, 1.54) is 50.5 Å². The number of amides is 2. The van der Waals surface area contributed by atoms with Gasteiger partial charge in [-0.2, -0.15) is 0 Å². The quantitative estimate of drug-likeness (QED) is 0.0523. The van der Waals surface area contributed by atoms with Crippen molar-refractivity contribution in [2.75, 3.05) is 6.54 Å². The van der Waals surface area contributed by atoms with Crippen molar-refractivity contribution in [2.24, 2.45) is 0 Å². The molecule has 2 amide bonds. The van der Waals surface area contributed by atoms with E-state index in [1.807, 2.05) is 0 Å². The van der Waals surface area contributed by atoms with E-state index in [1.54, 1.807) is 0 Å². The minimum atomic E-state index is -1.28. The number of unbranched alkanes of at least 4 members (excludes halogenated alkanes) is 14. The van der Waals surface area contributed by atoms with Crippen molar-refractivity contribution < 1.29 is 43.8 Å². The number of hydrogen-bond donors (Lipinski definition) is 6. The van der Waals surface area contributed by atoms with E-state index in [9.17, 15) is 33.6 Å². The van der Waals surface area contributed by atoms with Gasteiger partial charge in [0.25, 0.3) is 0 Å². The van der Waals surface area contributed by atoms with E-state index in [0.29, 0.717) is 19.3 Å². The second-order valence-corrected chi connectivity index (χ2v) is 10.7. The van der Waals surface area contributed by atoms with Crippen LogP contribution in [0, 0.1) is 0 Å². The van der Waals surface area contributed by atoms with Gasteiger partial charge in [-0.1, -0.05) is 77.0 Å². The molecule has 0 saturated heterocycles. The summed E-state index contributed by atoms with van der Waals surface area (Å²) in [7, 11) is 0. The molecule has 41 heavy (non-hydrogen) atoms. The van der Waals surface area contributed by atoms with Gasteiger partial charge in [0.05, 0.1) is 0 Å². The Balaban J connectivity index is 3.73. The fraction of sp³-hybridized carbons (Fsp3) is 0.828. The number of carbonyl (C=O) groups is 5. The van der Waals surface area contributed by atoms with Gasteiger partial charge in [-0.15, -0.1) is 10.0 Å². The topological polar surface area (TPSA) is 182 Å². The lowest BCUT2D eigenvalue weighted by molar-refractivity contribution is -0.142. The van der Waals surface area contributed by atoms with Gasteiger partial charge in [0.15, 0.2) is 0 Å². The van der Waals surface area contributed by atoms with E-state index in [-0.39, 0.29) is 50.5 Å². The fourth-order valence-corrected chi connectivity index (χ4v) is 4.50. The highest BCUT2D eigenvalue weighted by molar-refractivity contribution is 5.84. The molecule has 0 saturated carbocycles. The van der Waals surface area contributed by atoms with Gasteiger partial charge < -0.3 is 26.0 Å². The first kappa shape index (κ1) is 38.2. The molecule has 0 fully saturated rings. The number of carbonyl (C=O) groups excluding carboxylic acids is 2. The monoisotopic (exact) mass is 589 g/mol. The SMILES string of the molecule is O=C(O)CCCCCCCCCCCCCCCCC(=O)N[C@@H](CCC(=O)NCCCC[C@H](NF)C(=O)O)C(=O)O. The zero-order valence-electron chi connectivity index (χ0n) is 24.5. The minimum absolute atomic E-state index is 0.0352. The van der Waals surface area contributed by atoms with Crippen molar-refractivity contribution in [1.29, 1.82) is 0 Å². The lowest BCUT2D eigenvalue weighted by Gasteiger charge is -2.14. The number of rotatable bonds is 29. The normalized spacial score (nSPS) is 12.4. The highest BCUT2D eigenvalue weighted by atomic mass is 19.2. The van der Waals surface area contributed by atoms with Crippen LogP contribution in [-0.2, 0) is 24.0 Å². The van der Waals surface area contributed by atoms with Gasteiger partial charge in [0.1, 0.15) is 12.1 Å². The third kappa shape index (κ3) is 24.7. The van der Waals surface area contributed by atoms with Gasteiger partial charge >= 0.3 is 17.9 Å². The number of hydrogen-bond acceptors (Lipinski definition) is 6. The van der Waals surface area contributed by atoms with E-state index in [2.05, 4.69) is 10.6 Å². The summed E-state index contributed by atoms with van der Waals surface area (Å²) in [6.45, 7) is 0.264. The molecule has 0 rings (SSSR count). The van der Waals surface area contributed by atoms with E-state index >= 15 is 0 Å². The van der Waals surface area contributed by atoms with Crippen LogP contribution >= 0.6 is 0 Å². The van der Waals surface area contributed by atoms with Gasteiger partial charge in [0.2, 0.25) is 11.8 Å². The summed E-state index contributed by atoms with van der Waals surface area (Å²) in [5.74, 6) is -3.90. The second kappa shape index (κ2) is 26.2. The predicted molar refractivity (Wildman–Crippen MR) is 153 cm³/mol. The minimum Gasteiger partial charge on any atom is -0.481 e. The Labute approximate surface area is 243 Å². The van der Waals surface area contributed by atoms with Crippen molar-refractivity contribution >= 4 is 29.7 Å². The van der Waals surface area contributed by atoms with Crippen molar-refractivity contribution in [1.82, 2.24) is 16.2 Å². The molecule has 6 N–H and O–H groups in total. The molecule has 0 heterocycles. The average Bonchev–Trinajstić information content (AvgIpc) is 2.92. The maximum Gasteiger partial charge on any atom is 0.326 e. The first-order valence-electron chi connectivity index (χ1n) is 15.3. The highest BCUT2D eigenvalue weighted by Crippen LogP contribution is 2.14. The van der Waals surface area contributed by atoms with E-state index in [0.717, 1.165) is 38.5 Å². The molecule has 0 radical (unpaired) electrons. The number of halogens is 1. The number of aliphatic carboxylic acids is 3. The summed E-state index contributed by atoms with van der Waals surface area (Å²) in [6.07, 6.45) is 16.4. The first-order chi connectivity index (χ1) is 19.7. The van der Waals surface area contributed by atoms with Crippen molar-refractivity contribution in [3.8, 4) is 0 Å². The summed E-state index contributed by atoms with van der Waals surface area (Å²) in [4.78, 5) is 56.8. The first-order valence-corrected chi connectivity index (χ1v) is 15.3.